The van der Waals surface area contributed by atoms with Gasteiger partial charge >= 0.3 is 5.97 Å². The van der Waals surface area contributed by atoms with Gasteiger partial charge in [0.1, 0.15) is 24.7 Å². The highest BCUT2D eigenvalue weighted by Crippen LogP contribution is 2.23. The molecule has 4 atom stereocenters. The molecule has 0 unspecified atom stereocenters. The zero-order chi connectivity index (χ0) is 25.5. The first-order valence-corrected chi connectivity index (χ1v) is 12.1. The SMILES string of the molecule is NC(=O)CC[C@H](NC(=O)[C@@H]1CCCN1C(=O)[C@@H]1CCCN1)C(=O)N1CCC[C@H]1C(=O)NCC(=O)O. The largest absolute Gasteiger partial charge is 0.480 e. The maximum atomic E-state index is 13.4. The van der Waals surface area contributed by atoms with Crippen molar-refractivity contribution in [2.45, 2.75) is 75.5 Å². The molecule has 3 saturated heterocycles. The van der Waals surface area contributed by atoms with Crippen molar-refractivity contribution >= 4 is 35.5 Å². The van der Waals surface area contributed by atoms with E-state index in [-0.39, 0.29) is 31.3 Å². The van der Waals surface area contributed by atoms with Gasteiger partial charge in [0, 0.05) is 19.5 Å². The van der Waals surface area contributed by atoms with Crippen molar-refractivity contribution in [3.63, 3.8) is 0 Å². The lowest BCUT2D eigenvalue weighted by Crippen LogP contribution is -2.57. The molecule has 194 valence electrons. The predicted molar refractivity (Wildman–Crippen MR) is 121 cm³/mol. The molecule has 3 fully saturated rings. The van der Waals surface area contributed by atoms with E-state index in [1.807, 2.05) is 0 Å². The summed E-state index contributed by atoms with van der Waals surface area (Å²) < 4.78 is 0. The summed E-state index contributed by atoms with van der Waals surface area (Å²) in [7, 11) is 0. The summed E-state index contributed by atoms with van der Waals surface area (Å²) in [5, 5.41) is 16.9. The lowest BCUT2D eigenvalue weighted by atomic mass is 10.1. The van der Waals surface area contributed by atoms with E-state index in [1.165, 1.54) is 4.90 Å². The van der Waals surface area contributed by atoms with Gasteiger partial charge < -0.3 is 36.6 Å². The fraction of sp³-hybridized carbons (Fsp3) is 0.727. The van der Waals surface area contributed by atoms with Gasteiger partial charge in [-0.05, 0) is 51.5 Å². The number of rotatable bonds is 10. The molecule has 0 spiro atoms. The van der Waals surface area contributed by atoms with Gasteiger partial charge in [0.15, 0.2) is 0 Å². The van der Waals surface area contributed by atoms with Crippen molar-refractivity contribution in [1.29, 1.82) is 0 Å². The van der Waals surface area contributed by atoms with E-state index in [9.17, 15) is 28.8 Å². The number of carboxylic acid groups (broad SMARTS) is 1. The van der Waals surface area contributed by atoms with Crippen LogP contribution in [-0.4, -0.2) is 101 Å². The number of nitrogens with two attached hydrogens (primary N) is 1. The van der Waals surface area contributed by atoms with Gasteiger partial charge in [0.05, 0.1) is 6.04 Å². The molecule has 0 aliphatic carbocycles. The van der Waals surface area contributed by atoms with Crippen LogP contribution in [0.3, 0.4) is 0 Å². The van der Waals surface area contributed by atoms with Gasteiger partial charge in [-0.1, -0.05) is 0 Å². The standard InChI is InChI=1S/C22H34N6O7/c23-17(29)8-7-14(22(35)27-10-2-5-15(27)19(32)25-12-18(30)31)26-20(33)16-6-3-11-28(16)21(34)13-4-1-9-24-13/h13-16,24H,1-12H2,(H2,23,29)(H,25,32)(H,26,33)(H,30,31)/t13-,14-,15-,16-/m0/s1. The van der Waals surface area contributed by atoms with Crippen molar-refractivity contribution in [2.24, 2.45) is 5.73 Å². The Bertz CT molecular complexity index is 859. The number of aliphatic carboxylic acids is 1. The maximum absolute atomic E-state index is 13.4. The molecule has 3 aliphatic rings. The molecule has 3 rings (SSSR count). The van der Waals surface area contributed by atoms with E-state index < -0.39 is 54.3 Å². The minimum Gasteiger partial charge on any atom is -0.480 e. The van der Waals surface area contributed by atoms with Gasteiger partial charge in [0.2, 0.25) is 29.5 Å². The van der Waals surface area contributed by atoms with Crippen LogP contribution in [0.2, 0.25) is 0 Å². The normalized spacial score (nSPS) is 24.7. The first-order valence-electron chi connectivity index (χ1n) is 12.1. The Morgan fingerprint density at radius 3 is 2.20 bits per heavy atom. The van der Waals surface area contributed by atoms with Crippen LogP contribution in [0.25, 0.3) is 0 Å². The zero-order valence-electron chi connectivity index (χ0n) is 19.7. The third kappa shape index (κ3) is 6.68. The third-order valence-corrected chi connectivity index (χ3v) is 6.74. The molecule has 0 aromatic carbocycles. The van der Waals surface area contributed by atoms with Crippen LogP contribution in [0.15, 0.2) is 0 Å². The van der Waals surface area contributed by atoms with Crippen LogP contribution in [0.5, 0.6) is 0 Å². The Labute approximate surface area is 203 Å². The molecule has 5 amide bonds. The predicted octanol–water partition coefficient (Wildman–Crippen LogP) is -2.33. The van der Waals surface area contributed by atoms with Crippen LogP contribution in [0.1, 0.15) is 51.4 Å². The summed E-state index contributed by atoms with van der Waals surface area (Å²) in [6, 6.07) is -3.01. The summed E-state index contributed by atoms with van der Waals surface area (Å²) in [6.07, 6.45) is 3.41. The molecular formula is C22H34N6O7. The molecule has 0 bridgehead atoms. The number of primary amides is 1. The molecule has 3 aliphatic heterocycles. The van der Waals surface area contributed by atoms with Crippen molar-refractivity contribution in [3.8, 4) is 0 Å². The number of nitrogens with one attached hydrogen (secondary N) is 3. The highest BCUT2D eigenvalue weighted by atomic mass is 16.4. The average Bonchev–Trinajstić information content (AvgIpc) is 3.60. The summed E-state index contributed by atoms with van der Waals surface area (Å²) in [5.41, 5.74) is 5.27. The smallest absolute Gasteiger partial charge is 0.322 e. The number of nitrogens with zero attached hydrogens (tertiary/aromatic N) is 2. The summed E-state index contributed by atoms with van der Waals surface area (Å²) in [6.45, 7) is 0.893. The van der Waals surface area contributed by atoms with Crippen molar-refractivity contribution in [3.05, 3.63) is 0 Å². The first-order chi connectivity index (χ1) is 16.7. The van der Waals surface area contributed by atoms with Crippen molar-refractivity contribution in [2.75, 3.05) is 26.2 Å². The van der Waals surface area contributed by atoms with Gasteiger partial charge in [0.25, 0.3) is 0 Å². The highest BCUT2D eigenvalue weighted by molar-refractivity contribution is 5.96. The Kier molecular flexibility index (Phi) is 9.01. The second-order valence-corrected chi connectivity index (χ2v) is 9.21. The second-order valence-electron chi connectivity index (χ2n) is 9.21. The van der Waals surface area contributed by atoms with E-state index in [1.54, 1.807) is 4.90 Å². The van der Waals surface area contributed by atoms with E-state index in [0.717, 1.165) is 13.0 Å². The Morgan fingerprint density at radius 1 is 0.943 bits per heavy atom. The maximum Gasteiger partial charge on any atom is 0.322 e. The van der Waals surface area contributed by atoms with Crippen LogP contribution < -0.4 is 21.7 Å². The van der Waals surface area contributed by atoms with Gasteiger partial charge in [-0.2, -0.15) is 0 Å². The lowest BCUT2D eigenvalue weighted by Gasteiger charge is -2.31. The highest BCUT2D eigenvalue weighted by Gasteiger charge is 2.41. The number of carbonyl (C=O) groups excluding carboxylic acids is 5. The van der Waals surface area contributed by atoms with Gasteiger partial charge in [-0.15, -0.1) is 0 Å². The van der Waals surface area contributed by atoms with E-state index in [0.29, 0.717) is 38.6 Å². The number of hydrogen-bond acceptors (Lipinski definition) is 7. The zero-order valence-corrected chi connectivity index (χ0v) is 19.7. The Balaban J connectivity index is 1.69. The molecule has 35 heavy (non-hydrogen) atoms. The quantitative estimate of drug-likeness (QED) is 0.223. The molecule has 6 N–H and O–H groups in total. The molecule has 0 aromatic rings. The minimum absolute atomic E-state index is 0.0509. The molecule has 13 nitrogen and oxygen atoms in total. The Morgan fingerprint density at radius 2 is 1.60 bits per heavy atom. The number of carbonyl (C=O) groups is 6. The van der Waals surface area contributed by atoms with Crippen molar-refractivity contribution < 1.29 is 33.9 Å². The average molecular weight is 495 g/mol. The molecule has 0 radical (unpaired) electrons. The molecular weight excluding hydrogens is 460 g/mol. The van der Waals surface area contributed by atoms with E-state index in [2.05, 4.69) is 16.0 Å². The number of hydrogen-bond donors (Lipinski definition) is 5. The fourth-order valence-electron chi connectivity index (χ4n) is 4.99. The number of amides is 5. The molecule has 13 heteroatoms. The first kappa shape index (κ1) is 26.4. The minimum atomic E-state index is -1.20. The van der Waals surface area contributed by atoms with Crippen molar-refractivity contribution in [1.82, 2.24) is 25.8 Å². The lowest BCUT2D eigenvalue weighted by molar-refractivity contribution is -0.144. The van der Waals surface area contributed by atoms with Gasteiger partial charge in [-0.3, -0.25) is 28.8 Å². The molecule has 0 saturated carbocycles. The van der Waals surface area contributed by atoms with E-state index in [4.69, 9.17) is 10.8 Å². The molecule has 3 heterocycles. The van der Waals surface area contributed by atoms with Gasteiger partial charge in [-0.25, -0.2) is 0 Å². The number of likely N-dealkylation sites (tertiary alicyclic amines) is 2. The van der Waals surface area contributed by atoms with Crippen LogP contribution in [-0.2, 0) is 28.8 Å². The summed E-state index contributed by atoms with van der Waals surface area (Å²) >= 11 is 0. The van der Waals surface area contributed by atoms with E-state index >= 15 is 0 Å². The Hall–Kier alpha value is -3.22. The van der Waals surface area contributed by atoms with Crippen LogP contribution in [0, 0.1) is 0 Å². The monoisotopic (exact) mass is 494 g/mol. The second kappa shape index (κ2) is 12.0. The van der Waals surface area contributed by atoms with Crippen LogP contribution in [0.4, 0.5) is 0 Å². The molecule has 0 aromatic heterocycles. The van der Waals surface area contributed by atoms with Crippen LogP contribution >= 0.6 is 0 Å². The summed E-state index contributed by atoms with van der Waals surface area (Å²) in [5.74, 6) is -3.59. The summed E-state index contributed by atoms with van der Waals surface area (Å²) in [4.78, 5) is 76.9. The fourth-order valence-corrected chi connectivity index (χ4v) is 4.99. The number of carboxylic acids is 1. The topological polar surface area (TPSA) is 191 Å². The third-order valence-electron chi connectivity index (χ3n) is 6.74.